The number of carboxylic acids is 1. The van der Waals surface area contributed by atoms with Crippen LogP contribution < -0.4 is 10.1 Å². The summed E-state index contributed by atoms with van der Waals surface area (Å²) in [5.74, 6) is -0.959. The highest BCUT2D eigenvalue weighted by molar-refractivity contribution is 7.14. The summed E-state index contributed by atoms with van der Waals surface area (Å²) in [5.41, 5.74) is 0. The lowest BCUT2D eigenvalue weighted by Crippen LogP contribution is -2.30. The lowest BCUT2D eigenvalue weighted by molar-refractivity contribution is -0.123. The fraction of sp³-hybridized carbons (Fsp3) is 0.455. The van der Waals surface area contributed by atoms with E-state index in [4.69, 9.17) is 9.84 Å². The largest absolute Gasteiger partial charge is 0.482 e. The summed E-state index contributed by atoms with van der Waals surface area (Å²) in [5, 5.41) is 11.7. The number of rotatable bonds is 5. The molecule has 0 aliphatic heterocycles. The van der Waals surface area contributed by atoms with Gasteiger partial charge in [0.2, 0.25) is 0 Å². The van der Waals surface area contributed by atoms with Gasteiger partial charge in [0.25, 0.3) is 5.91 Å². The van der Waals surface area contributed by atoms with Crippen LogP contribution in [0.3, 0.4) is 0 Å². The first-order chi connectivity index (χ1) is 8.06. The topological polar surface area (TPSA) is 75.6 Å². The van der Waals surface area contributed by atoms with E-state index in [1.54, 1.807) is 13.0 Å². The van der Waals surface area contributed by atoms with Crippen molar-refractivity contribution < 1.29 is 19.4 Å². The maximum absolute atomic E-state index is 11.4. The number of carbonyl (C=O) groups excluding carboxylic acids is 1. The first kappa shape index (κ1) is 11.9. The fourth-order valence-electron chi connectivity index (χ4n) is 1.39. The van der Waals surface area contributed by atoms with Crippen LogP contribution in [0.1, 0.15) is 27.4 Å². The Morgan fingerprint density at radius 1 is 1.59 bits per heavy atom. The van der Waals surface area contributed by atoms with E-state index in [0.717, 1.165) is 29.1 Å². The van der Waals surface area contributed by atoms with Gasteiger partial charge < -0.3 is 15.2 Å². The molecule has 1 aromatic heterocycles. The van der Waals surface area contributed by atoms with Crippen molar-refractivity contribution in [1.29, 1.82) is 0 Å². The molecule has 0 aromatic carbocycles. The van der Waals surface area contributed by atoms with Crippen LogP contribution in [0.5, 0.6) is 5.75 Å². The summed E-state index contributed by atoms with van der Waals surface area (Å²) in [6.07, 6.45) is 2.04. The summed E-state index contributed by atoms with van der Waals surface area (Å²) in [6, 6.07) is 1.92. The third kappa shape index (κ3) is 3.20. The summed E-state index contributed by atoms with van der Waals surface area (Å²) >= 11 is 1.14. The summed E-state index contributed by atoms with van der Waals surface area (Å²) in [6.45, 7) is 1.67. The summed E-state index contributed by atoms with van der Waals surface area (Å²) in [7, 11) is 0. The highest BCUT2D eigenvalue weighted by Gasteiger charge is 2.23. The minimum Gasteiger partial charge on any atom is -0.482 e. The Labute approximate surface area is 102 Å². The second-order valence-corrected chi connectivity index (χ2v) is 5.24. The van der Waals surface area contributed by atoms with E-state index in [-0.39, 0.29) is 29.2 Å². The van der Waals surface area contributed by atoms with Crippen LogP contribution in [0.4, 0.5) is 0 Å². The Bertz CT molecular complexity index is 450. The Morgan fingerprint density at radius 3 is 2.88 bits per heavy atom. The number of thiophene rings is 1. The number of carboxylic acid groups (broad SMARTS) is 1. The Kier molecular flexibility index (Phi) is 3.33. The molecule has 0 atom stereocenters. The normalized spacial score (nSPS) is 14.4. The monoisotopic (exact) mass is 255 g/mol. The van der Waals surface area contributed by atoms with E-state index in [2.05, 4.69) is 5.32 Å². The second kappa shape index (κ2) is 4.75. The van der Waals surface area contributed by atoms with Crippen molar-refractivity contribution in [2.24, 2.45) is 0 Å². The van der Waals surface area contributed by atoms with Crippen LogP contribution in [0.2, 0.25) is 0 Å². The van der Waals surface area contributed by atoms with Gasteiger partial charge >= 0.3 is 5.97 Å². The van der Waals surface area contributed by atoms with Crippen LogP contribution >= 0.6 is 11.3 Å². The molecule has 1 amide bonds. The van der Waals surface area contributed by atoms with Gasteiger partial charge in [0, 0.05) is 10.9 Å². The van der Waals surface area contributed by atoms with E-state index < -0.39 is 5.97 Å². The SMILES string of the molecule is Cc1cc(OCC(=O)NC2CC2)c(C(=O)O)s1. The van der Waals surface area contributed by atoms with Gasteiger partial charge in [-0.05, 0) is 25.8 Å². The van der Waals surface area contributed by atoms with Gasteiger partial charge in [-0.3, -0.25) is 4.79 Å². The summed E-state index contributed by atoms with van der Waals surface area (Å²) in [4.78, 5) is 23.3. The quantitative estimate of drug-likeness (QED) is 0.834. The number of aryl methyl sites for hydroxylation is 1. The molecule has 1 saturated carbocycles. The minimum atomic E-state index is -1.03. The zero-order valence-corrected chi connectivity index (χ0v) is 10.2. The molecule has 0 bridgehead atoms. The maximum atomic E-state index is 11.4. The van der Waals surface area contributed by atoms with Crippen LogP contribution in [0.25, 0.3) is 0 Å². The maximum Gasteiger partial charge on any atom is 0.349 e. The number of hydrogen-bond acceptors (Lipinski definition) is 4. The van der Waals surface area contributed by atoms with E-state index in [1.165, 1.54) is 0 Å². The molecule has 0 unspecified atom stereocenters. The predicted octanol–water partition coefficient (Wildman–Crippen LogP) is 1.41. The van der Waals surface area contributed by atoms with Crippen molar-refractivity contribution in [3.63, 3.8) is 0 Å². The molecule has 6 heteroatoms. The van der Waals surface area contributed by atoms with E-state index in [9.17, 15) is 9.59 Å². The molecule has 92 valence electrons. The van der Waals surface area contributed by atoms with E-state index in [1.807, 2.05) is 0 Å². The molecule has 2 rings (SSSR count). The van der Waals surface area contributed by atoms with Crippen molar-refractivity contribution in [1.82, 2.24) is 5.32 Å². The summed E-state index contributed by atoms with van der Waals surface area (Å²) < 4.78 is 5.23. The van der Waals surface area contributed by atoms with Gasteiger partial charge in [-0.15, -0.1) is 11.3 Å². The fourth-order valence-corrected chi connectivity index (χ4v) is 2.18. The molecule has 0 saturated heterocycles. The molecule has 17 heavy (non-hydrogen) atoms. The number of carbonyl (C=O) groups is 2. The first-order valence-electron chi connectivity index (χ1n) is 5.32. The second-order valence-electron chi connectivity index (χ2n) is 3.99. The number of hydrogen-bond donors (Lipinski definition) is 2. The molecular weight excluding hydrogens is 242 g/mol. The Balaban J connectivity index is 1.92. The lowest BCUT2D eigenvalue weighted by Gasteiger charge is -2.05. The van der Waals surface area contributed by atoms with Crippen LogP contribution in [0.15, 0.2) is 6.07 Å². The van der Waals surface area contributed by atoms with Crippen molar-refractivity contribution in [3.8, 4) is 5.75 Å². The molecule has 1 aliphatic rings. The molecule has 1 heterocycles. The molecule has 1 fully saturated rings. The van der Waals surface area contributed by atoms with Gasteiger partial charge in [0.15, 0.2) is 11.5 Å². The van der Waals surface area contributed by atoms with E-state index >= 15 is 0 Å². The van der Waals surface area contributed by atoms with Crippen LogP contribution in [0, 0.1) is 6.92 Å². The molecule has 0 spiro atoms. The zero-order valence-electron chi connectivity index (χ0n) is 9.36. The van der Waals surface area contributed by atoms with Gasteiger partial charge in [-0.25, -0.2) is 4.79 Å². The molecule has 0 radical (unpaired) electrons. The first-order valence-corrected chi connectivity index (χ1v) is 6.14. The smallest absolute Gasteiger partial charge is 0.349 e. The van der Waals surface area contributed by atoms with Crippen LogP contribution in [-0.2, 0) is 4.79 Å². The third-order valence-electron chi connectivity index (χ3n) is 2.32. The highest BCUT2D eigenvalue weighted by Crippen LogP contribution is 2.28. The predicted molar refractivity (Wildman–Crippen MR) is 62.7 cm³/mol. The van der Waals surface area contributed by atoms with Crippen molar-refractivity contribution in [3.05, 3.63) is 15.8 Å². The number of ether oxygens (including phenoxy) is 1. The van der Waals surface area contributed by atoms with Gasteiger partial charge in [-0.2, -0.15) is 0 Å². The molecule has 2 N–H and O–H groups in total. The molecule has 1 aliphatic carbocycles. The Morgan fingerprint density at radius 2 is 2.29 bits per heavy atom. The van der Waals surface area contributed by atoms with E-state index in [0.29, 0.717) is 0 Å². The number of amides is 1. The number of nitrogens with one attached hydrogen (secondary N) is 1. The van der Waals surface area contributed by atoms with Crippen molar-refractivity contribution in [2.75, 3.05) is 6.61 Å². The molecule has 5 nitrogen and oxygen atoms in total. The minimum absolute atomic E-state index is 0.132. The van der Waals surface area contributed by atoms with Crippen LogP contribution in [-0.4, -0.2) is 29.6 Å². The lowest BCUT2D eigenvalue weighted by atomic mass is 10.4. The van der Waals surface area contributed by atoms with Gasteiger partial charge in [0.05, 0.1) is 0 Å². The standard InChI is InChI=1S/C11H13NO4S/c1-6-4-8(10(17-6)11(14)15)16-5-9(13)12-7-2-3-7/h4,7H,2-3,5H2,1H3,(H,12,13)(H,14,15). The van der Waals surface area contributed by atoms with Gasteiger partial charge in [0.1, 0.15) is 5.75 Å². The Hall–Kier alpha value is -1.56. The van der Waals surface area contributed by atoms with Crippen molar-refractivity contribution in [2.45, 2.75) is 25.8 Å². The van der Waals surface area contributed by atoms with Gasteiger partial charge in [-0.1, -0.05) is 0 Å². The zero-order chi connectivity index (χ0) is 12.4. The molecule has 1 aromatic rings. The third-order valence-corrected chi connectivity index (χ3v) is 3.34. The average Bonchev–Trinajstić information content (AvgIpc) is 2.97. The number of aromatic carboxylic acids is 1. The van der Waals surface area contributed by atoms with Crippen molar-refractivity contribution >= 4 is 23.2 Å². The molecular formula is C11H13NO4S. The average molecular weight is 255 g/mol. The highest BCUT2D eigenvalue weighted by atomic mass is 32.1.